The fourth-order valence-corrected chi connectivity index (χ4v) is 1.12. The minimum Gasteiger partial charge on any atom is -0.467 e. The second-order valence-corrected chi connectivity index (χ2v) is 4.64. The van der Waals surface area contributed by atoms with E-state index < -0.39 is 29.2 Å². The molecule has 1 heterocycles. The number of carbonyl (C=O) groups excluding carboxylic acids is 2. The molecule has 0 bridgehead atoms. The first-order valence-corrected chi connectivity index (χ1v) is 4.70. The Morgan fingerprint density at radius 1 is 1.47 bits per heavy atom. The third-order valence-corrected chi connectivity index (χ3v) is 2.63. The molecule has 0 aromatic carbocycles. The van der Waals surface area contributed by atoms with E-state index in [2.05, 4.69) is 4.74 Å². The van der Waals surface area contributed by atoms with E-state index in [0.29, 0.717) is 0 Å². The van der Waals surface area contributed by atoms with Crippen LogP contribution in [0.4, 0.5) is 0 Å². The summed E-state index contributed by atoms with van der Waals surface area (Å²) < 4.78 is 14.9. The molecule has 5 nitrogen and oxygen atoms in total. The summed E-state index contributed by atoms with van der Waals surface area (Å²) >= 11 is 0. The predicted molar refractivity (Wildman–Crippen MR) is 50.8 cm³/mol. The fourth-order valence-electron chi connectivity index (χ4n) is 1.12. The maximum Gasteiger partial charge on any atom is 0.349 e. The summed E-state index contributed by atoms with van der Waals surface area (Å²) in [6.45, 7) is 7.22. The van der Waals surface area contributed by atoms with E-state index in [1.165, 1.54) is 7.11 Å². The van der Waals surface area contributed by atoms with Crippen LogP contribution < -0.4 is 0 Å². The van der Waals surface area contributed by atoms with Crippen molar-refractivity contribution in [2.45, 2.75) is 39.6 Å². The van der Waals surface area contributed by atoms with Crippen molar-refractivity contribution in [3.05, 3.63) is 0 Å². The maximum absolute atomic E-state index is 11.4. The molecule has 0 radical (unpaired) electrons. The van der Waals surface area contributed by atoms with Gasteiger partial charge in [-0.15, -0.1) is 0 Å². The van der Waals surface area contributed by atoms with Crippen molar-refractivity contribution in [1.82, 2.24) is 0 Å². The van der Waals surface area contributed by atoms with Crippen molar-refractivity contribution in [1.29, 1.82) is 0 Å². The molecule has 0 aromatic rings. The van der Waals surface area contributed by atoms with Crippen LogP contribution in [0.15, 0.2) is 0 Å². The number of carbonyl (C=O) groups is 2. The first kappa shape index (κ1) is 12.0. The molecule has 0 spiro atoms. The highest BCUT2D eigenvalue weighted by Crippen LogP contribution is 2.40. The Hall–Kier alpha value is -1.10. The fraction of sp³-hybridized carbons (Fsp3) is 0.800. The van der Waals surface area contributed by atoms with Gasteiger partial charge in [0.2, 0.25) is 5.79 Å². The van der Waals surface area contributed by atoms with Gasteiger partial charge in [-0.3, -0.25) is 0 Å². The van der Waals surface area contributed by atoms with Crippen LogP contribution in [-0.4, -0.2) is 30.9 Å². The highest BCUT2D eigenvalue weighted by Gasteiger charge is 2.54. The molecular weight excluding hydrogens is 200 g/mol. The zero-order valence-electron chi connectivity index (χ0n) is 9.62. The highest BCUT2D eigenvalue weighted by atomic mass is 16.8. The molecule has 1 rings (SSSR count). The SMILES string of the molecule is COC(=O)C1OC(C)(C(C)(C)C)OC1=O. The molecule has 1 saturated heterocycles. The third kappa shape index (κ3) is 1.97. The topological polar surface area (TPSA) is 61.8 Å². The van der Waals surface area contributed by atoms with E-state index in [0.717, 1.165) is 0 Å². The molecule has 0 aliphatic carbocycles. The molecule has 0 amide bonds. The Balaban J connectivity index is 2.88. The number of hydrogen-bond donors (Lipinski definition) is 0. The summed E-state index contributed by atoms with van der Waals surface area (Å²) in [7, 11) is 1.20. The molecule has 2 atom stereocenters. The van der Waals surface area contributed by atoms with E-state index in [9.17, 15) is 9.59 Å². The second kappa shape index (κ2) is 3.48. The smallest absolute Gasteiger partial charge is 0.349 e. The molecule has 1 aliphatic heterocycles. The maximum atomic E-state index is 11.4. The second-order valence-electron chi connectivity index (χ2n) is 4.64. The van der Waals surface area contributed by atoms with Crippen LogP contribution in [0, 0.1) is 5.41 Å². The van der Waals surface area contributed by atoms with Gasteiger partial charge >= 0.3 is 11.9 Å². The molecule has 0 aromatic heterocycles. The number of methoxy groups -OCH3 is 1. The summed E-state index contributed by atoms with van der Waals surface area (Å²) in [4.78, 5) is 22.6. The van der Waals surface area contributed by atoms with E-state index >= 15 is 0 Å². The number of esters is 2. The number of hydrogen-bond acceptors (Lipinski definition) is 5. The van der Waals surface area contributed by atoms with Crippen molar-refractivity contribution < 1.29 is 23.8 Å². The summed E-state index contributed by atoms with van der Waals surface area (Å²) in [5.74, 6) is -2.52. The van der Waals surface area contributed by atoms with E-state index in [1.54, 1.807) is 6.92 Å². The average Bonchev–Trinajstić information content (AvgIpc) is 2.41. The molecule has 5 heteroatoms. The zero-order chi connectivity index (χ0) is 11.9. The van der Waals surface area contributed by atoms with Crippen molar-refractivity contribution in [3.8, 4) is 0 Å². The van der Waals surface area contributed by atoms with Gasteiger partial charge in [-0.25, -0.2) is 9.59 Å². The van der Waals surface area contributed by atoms with Gasteiger partial charge in [-0.1, -0.05) is 20.8 Å². The van der Waals surface area contributed by atoms with Gasteiger partial charge in [0.15, 0.2) is 0 Å². The lowest BCUT2D eigenvalue weighted by Gasteiger charge is -2.35. The quantitative estimate of drug-likeness (QED) is 0.480. The van der Waals surface area contributed by atoms with Crippen LogP contribution in [0.3, 0.4) is 0 Å². The summed E-state index contributed by atoms with van der Waals surface area (Å²) in [5, 5.41) is 0. The van der Waals surface area contributed by atoms with E-state index in [1.807, 2.05) is 20.8 Å². The van der Waals surface area contributed by atoms with Crippen LogP contribution in [0.2, 0.25) is 0 Å². The Morgan fingerprint density at radius 3 is 2.33 bits per heavy atom. The molecule has 0 N–H and O–H groups in total. The molecule has 2 unspecified atom stereocenters. The van der Waals surface area contributed by atoms with E-state index in [4.69, 9.17) is 9.47 Å². The standard InChI is InChI=1S/C10H16O5/c1-9(2,3)10(4)14-6(7(11)13-5)8(12)15-10/h6H,1-5H3. The molecule has 0 saturated carbocycles. The van der Waals surface area contributed by atoms with Crippen LogP contribution >= 0.6 is 0 Å². The zero-order valence-corrected chi connectivity index (χ0v) is 9.62. The first-order valence-electron chi connectivity index (χ1n) is 4.70. The van der Waals surface area contributed by atoms with Crippen molar-refractivity contribution in [2.24, 2.45) is 5.41 Å². The van der Waals surface area contributed by atoms with Crippen molar-refractivity contribution >= 4 is 11.9 Å². The van der Waals surface area contributed by atoms with Gasteiger partial charge < -0.3 is 14.2 Å². The van der Waals surface area contributed by atoms with Crippen LogP contribution in [0.1, 0.15) is 27.7 Å². The number of ether oxygens (including phenoxy) is 3. The lowest BCUT2D eigenvalue weighted by molar-refractivity contribution is -0.220. The molecule has 15 heavy (non-hydrogen) atoms. The lowest BCUT2D eigenvalue weighted by Crippen LogP contribution is -2.42. The largest absolute Gasteiger partial charge is 0.467 e. The Bertz CT molecular complexity index is 291. The minimum absolute atomic E-state index is 0.411. The monoisotopic (exact) mass is 216 g/mol. The van der Waals surface area contributed by atoms with Crippen LogP contribution in [0.5, 0.6) is 0 Å². The normalized spacial score (nSPS) is 31.3. The van der Waals surface area contributed by atoms with Crippen LogP contribution in [0.25, 0.3) is 0 Å². The minimum atomic E-state index is -1.26. The van der Waals surface area contributed by atoms with Gasteiger partial charge in [0, 0.05) is 12.3 Å². The van der Waals surface area contributed by atoms with Crippen molar-refractivity contribution in [3.63, 3.8) is 0 Å². The highest BCUT2D eigenvalue weighted by molar-refractivity contribution is 5.99. The van der Waals surface area contributed by atoms with Gasteiger partial charge in [0.25, 0.3) is 6.10 Å². The van der Waals surface area contributed by atoms with Gasteiger partial charge in [-0.2, -0.15) is 0 Å². The van der Waals surface area contributed by atoms with E-state index in [-0.39, 0.29) is 0 Å². The molecule has 86 valence electrons. The summed E-state index contributed by atoms with van der Waals surface area (Å²) in [6, 6.07) is 0. The Morgan fingerprint density at radius 2 is 2.00 bits per heavy atom. The number of cyclic esters (lactones) is 1. The molecular formula is C10H16O5. The Kier molecular flexibility index (Phi) is 2.78. The average molecular weight is 216 g/mol. The van der Waals surface area contributed by atoms with Crippen LogP contribution in [-0.2, 0) is 23.8 Å². The van der Waals surface area contributed by atoms with Crippen molar-refractivity contribution in [2.75, 3.05) is 7.11 Å². The predicted octanol–water partition coefficient (Wildman–Crippen LogP) is 0.864. The number of rotatable bonds is 1. The lowest BCUT2D eigenvalue weighted by atomic mass is 9.87. The van der Waals surface area contributed by atoms with Gasteiger partial charge in [0.1, 0.15) is 0 Å². The molecule has 1 aliphatic rings. The van der Waals surface area contributed by atoms with Gasteiger partial charge in [-0.05, 0) is 0 Å². The van der Waals surface area contributed by atoms with Gasteiger partial charge in [0.05, 0.1) is 7.11 Å². The third-order valence-electron chi connectivity index (χ3n) is 2.63. The first-order chi connectivity index (χ1) is 6.71. The molecule has 1 fully saturated rings. The Labute approximate surface area is 88.7 Å². The summed E-state index contributed by atoms with van der Waals surface area (Å²) in [5.41, 5.74) is -0.411. The summed E-state index contributed by atoms with van der Waals surface area (Å²) in [6.07, 6.45) is -1.26.